The Bertz CT molecular complexity index is 450. The van der Waals surface area contributed by atoms with Crippen LogP contribution in [-0.4, -0.2) is 7.11 Å². The Hall–Kier alpha value is -0.540. The molecule has 1 aliphatic rings. The van der Waals surface area contributed by atoms with Crippen molar-refractivity contribution < 1.29 is 4.74 Å². The van der Waals surface area contributed by atoms with E-state index in [-0.39, 0.29) is 5.54 Å². The zero-order chi connectivity index (χ0) is 14.0. The Kier molecular flexibility index (Phi) is 4.57. The molecule has 0 bridgehead atoms. The number of hydrogen-bond acceptors (Lipinski definition) is 2. The third-order valence-corrected chi connectivity index (χ3v) is 4.87. The van der Waals surface area contributed by atoms with Gasteiger partial charge in [-0.1, -0.05) is 49.0 Å². The van der Waals surface area contributed by atoms with Crippen LogP contribution in [0.3, 0.4) is 0 Å². The molecule has 1 aromatic carbocycles. The van der Waals surface area contributed by atoms with E-state index in [1.165, 1.54) is 30.4 Å². The van der Waals surface area contributed by atoms with E-state index in [9.17, 15) is 0 Å². The van der Waals surface area contributed by atoms with Gasteiger partial charge in [0.15, 0.2) is 0 Å². The third kappa shape index (κ3) is 2.97. The van der Waals surface area contributed by atoms with Gasteiger partial charge in [-0.15, -0.1) is 0 Å². The molecule has 3 heteroatoms. The lowest BCUT2D eigenvalue weighted by molar-refractivity contribution is 0.300. The second-order valence-electron chi connectivity index (χ2n) is 5.95. The van der Waals surface area contributed by atoms with Crippen LogP contribution in [0.4, 0.5) is 0 Å². The molecule has 0 heterocycles. The largest absolute Gasteiger partial charge is 0.496 e. The average Bonchev–Trinajstić information content (AvgIpc) is 2.38. The summed E-state index contributed by atoms with van der Waals surface area (Å²) < 4.78 is 6.70. The van der Waals surface area contributed by atoms with Crippen LogP contribution < -0.4 is 10.5 Å². The van der Waals surface area contributed by atoms with Gasteiger partial charge in [-0.25, -0.2) is 0 Å². The Labute approximate surface area is 124 Å². The quantitative estimate of drug-likeness (QED) is 0.874. The van der Waals surface area contributed by atoms with Crippen molar-refractivity contribution in [2.24, 2.45) is 5.73 Å². The highest BCUT2D eigenvalue weighted by molar-refractivity contribution is 9.10. The fraction of sp³-hybridized carbons (Fsp3) is 0.625. The lowest BCUT2D eigenvalue weighted by Crippen LogP contribution is -2.38. The summed E-state index contributed by atoms with van der Waals surface area (Å²) in [6, 6.07) is 4.34. The van der Waals surface area contributed by atoms with Crippen LogP contribution in [0.1, 0.15) is 63.0 Å². The number of ether oxygens (including phenoxy) is 1. The van der Waals surface area contributed by atoms with Gasteiger partial charge in [-0.05, 0) is 36.5 Å². The molecule has 2 nitrogen and oxygen atoms in total. The summed E-state index contributed by atoms with van der Waals surface area (Å²) in [6.07, 6.45) is 5.90. The van der Waals surface area contributed by atoms with Gasteiger partial charge in [0, 0.05) is 15.6 Å². The van der Waals surface area contributed by atoms with Gasteiger partial charge in [0.1, 0.15) is 5.75 Å². The monoisotopic (exact) mass is 325 g/mol. The maximum absolute atomic E-state index is 6.62. The van der Waals surface area contributed by atoms with Crippen molar-refractivity contribution in [3.63, 3.8) is 0 Å². The molecule has 2 rings (SSSR count). The van der Waals surface area contributed by atoms with Crippen molar-refractivity contribution in [2.75, 3.05) is 7.11 Å². The molecule has 1 saturated carbocycles. The molecule has 0 aliphatic heterocycles. The zero-order valence-electron chi connectivity index (χ0n) is 12.1. The van der Waals surface area contributed by atoms with Crippen LogP contribution in [-0.2, 0) is 5.54 Å². The Morgan fingerprint density at radius 2 is 1.84 bits per heavy atom. The molecule has 2 N–H and O–H groups in total. The standard InChI is InChI=1S/C16H24BrNO/c1-11(2)15-13(17)9-12(10-14(15)19-3)16(18)7-5-4-6-8-16/h9-11H,4-8,18H2,1-3H3. The summed E-state index contributed by atoms with van der Waals surface area (Å²) in [5.41, 5.74) is 8.88. The first-order valence-electron chi connectivity index (χ1n) is 7.15. The van der Waals surface area contributed by atoms with E-state index in [1.807, 2.05) is 0 Å². The number of hydrogen-bond donors (Lipinski definition) is 1. The summed E-state index contributed by atoms with van der Waals surface area (Å²) in [7, 11) is 1.74. The lowest BCUT2D eigenvalue weighted by Gasteiger charge is -2.34. The van der Waals surface area contributed by atoms with Gasteiger partial charge < -0.3 is 10.5 Å². The maximum Gasteiger partial charge on any atom is 0.123 e. The van der Waals surface area contributed by atoms with Crippen molar-refractivity contribution >= 4 is 15.9 Å². The SMILES string of the molecule is COc1cc(C2(N)CCCCC2)cc(Br)c1C(C)C. The Morgan fingerprint density at radius 3 is 2.37 bits per heavy atom. The highest BCUT2D eigenvalue weighted by Crippen LogP contribution is 2.41. The molecule has 0 radical (unpaired) electrons. The van der Waals surface area contributed by atoms with Crippen molar-refractivity contribution in [3.05, 3.63) is 27.7 Å². The van der Waals surface area contributed by atoms with E-state index in [0.29, 0.717) is 5.92 Å². The first-order chi connectivity index (χ1) is 8.98. The maximum atomic E-state index is 6.62. The summed E-state index contributed by atoms with van der Waals surface area (Å²) in [5, 5.41) is 0. The number of halogens is 1. The molecule has 106 valence electrons. The smallest absolute Gasteiger partial charge is 0.123 e. The summed E-state index contributed by atoms with van der Waals surface area (Å²) in [5.74, 6) is 1.38. The van der Waals surface area contributed by atoms with Crippen molar-refractivity contribution in [2.45, 2.75) is 57.4 Å². The molecule has 0 atom stereocenters. The first-order valence-corrected chi connectivity index (χ1v) is 7.94. The van der Waals surface area contributed by atoms with Gasteiger partial charge >= 0.3 is 0 Å². The predicted octanol–water partition coefficient (Wildman–Crippen LogP) is 4.70. The number of benzene rings is 1. The minimum Gasteiger partial charge on any atom is -0.496 e. The van der Waals surface area contributed by atoms with E-state index in [2.05, 4.69) is 41.9 Å². The second kappa shape index (κ2) is 5.84. The number of methoxy groups -OCH3 is 1. The summed E-state index contributed by atoms with van der Waals surface area (Å²) in [4.78, 5) is 0. The van der Waals surface area contributed by atoms with Gasteiger partial charge in [-0.3, -0.25) is 0 Å². The van der Waals surface area contributed by atoms with Gasteiger partial charge in [-0.2, -0.15) is 0 Å². The van der Waals surface area contributed by atoms with Crippen molar-refractivity contribution in [3.8, 4) is 5.75 Å². The normalized spacial score (nSPS) is 18.6. The van der Waals surface area contributed by atoms with E-state index in [1.54, 1.807) is 7.11 Å². The molecule has 0 unspecified atom stereocenters. The summed E-state index contributed by atoms with van der Waals surface area (Å²) in [6.45, 7) is 4.36. The van der Waals surface area contributed by atoms with Gasteiger partial charge in [0.05, 0.1) is 7.11 Å². The molecule has 19 heavy (non-hydrogen) atoms. The molecule has 0 spiro atoms. The third-order valence-electron chi connectivity index (χ3n) is 4.21. The van der Waals surface area contributed by atoms with E-state index >= 15 is 0 Å². The Balaban J connectivity index is 2.45. The highest BCUT2D eigenvalue weighted by Gasteiger charge is 2.31. The Morgan fingerprint density at radius 1 is 1.21 bits per heavy atom. The van der Waals surface area contributed by atoms with Crippen LogP contribution in [0.25, 0.3) is 0 Å². The van der Waals surface area contributed by atoms with Crippen molar-refractivity contribution in [1.29, 1.82) is 0 Å². The predicted molar refractivity (Wildman–Crippen MR) is 83.7 cm³/mol. The number of nitrogens with two attached hydrogens (primary N) is 1. The minimum absolute atomic E-state index is 0.177. The second-order valence-corrected chi connectivity index (χ2v) is 6.80. The average molecular weight is 326 g/mol. The molecule has 0 saturated heterocycles. The molecular weight excluding hydrogens is 302 g/mol. The molecule has 0 amide bonds. The molecule has 1 aromatic rings. The van der Waals surface area contributed by atoms with Crippen molar-refractivity contribution in [1.82, 2.24) is 0 Å². The van der Waals surface area contributed by atoms with Gasteiger partial charge in [0.25, 0.3) is 0 Å². The fourth-order valence-corrected chi connectivity index (χ4v) is 3.98. The topological polar surface area (TPSA) is 35.2 Å². The van der Waals surface area contributed by atoms with Crippen LogP contribution in [0.2, 0.25) is 0 Å². The molecule has 1 fully saturated rings. The van der Waals surface area contributed by atoms with Gasteiger partial charge in [0.2, 0.25) is 0 Å². The van der Waals surface area contributed by atoms with Crippen LogP contribution in [0.5, 0.6) is 5.75 Å². The summed E-state index contributed by atoms with van der Waals surface area (Å²) >= 11 is 3.69. The lowest BCUT2D eigenvalue weighted by atomic mass is 9.77. The highest BCUT2D eigenvalue weighted by atomic mass is 79.9. The van der Waals surface area contributed by atoms with Crippen LogP contribution in [0, 0.1) is 0 Å². The van der Waals surface area contributed by atoms with Crippen LogP contribution >= 0.6 is 15.9 Å². The van der Waals surface area contributed by atoms with E-state index < -0.39 is 0 Å². The molecular formula is C16H24BrNO. The fourth-order valence-electron chi connectivity index (χ4n) is 3.08. The first kappa shape index (κ1) is 14.9. The van der Waals surface area contributed by atoms with Crippen LogP contribution in [0.15, 0.2) is 16.6 Å². The number of rotatable bonds is 3. The molecule has 1 aliphatic carbocycles. The van der Waals surface area contributed by atoms with E-state index in [0.717, 1.165) is 23.1 Å². The molecule has 0 aromatic heterocycles. The zero-order valence-corrected chi connectivity index (χ0v) is 13.7. The van der Waals surface area contributed by atoms with E-state index in [4.69, 9.17) is 10.5 Å². The minimum atomic E-state index is -0.177.